The van der Waals surface area contributed by atoms with Crippen molar-refractivity contribution >= 4 is 18.3 Å². The maximum atomic E-state index is 12.5. The van der Waals surface area contributed by atoms with E-state index in [9.17, 15) is 18.0 Å². The average Bonchev–Trinajstić information content (AvgIpc) is 2.47. The number of alkyl halides is 3. The Morgan fingerprint density at radius 2 is 2.17 bits per heavy atom. The molecule has 1 aliphatic heterocycles. The number of nitrogens with one attached hydrogen (secondary N) is 2. The molecule has 1 aromatic heterocycles. The molecule has 1 aliphatic rings. The zero-order chi connectivity index (χ0) is 16.2. The third-order valence-electron chi connectivity index (χ3n) is 3.86. The van der Waals surface area contributed by atoms with Gasteiger partial charge >= 0.3 is 6.18 Å². The number of rotatable bonds is 4. The standard InChI is InChI=1S/C15H20F3N3O.ClH/c1-10-12(4-5-13(21-10)15(16,17)18)14(22)20-8-6-11-3-2-7-19-9-11;/h4-5,11,19H,2-3,6-9H2,1H3,(H,20,22);1H. The molecule has 1 saturated heterocycles. The molecule has 2 heterocycles. The molecule has 0 bridgehead atoms. The highest BCUT2D eigenvalue weighted by atomic mass is 35.5. The van der Waals surface area contributed by atoms with E-state index < -0.39 is 11.9 Å². The molecule has 1 aromatic rings. The fourth-order valence-corrected chi connectivity index (χ4v) is 2.61. The van der Waals surface area contributed by atoms with Crippen LogP contribution in [0.5, 0.6) is 0 Å². The number of carbonyl (C=O) groups is 1. The molecule has 0 spiro atoms. The van der Waals surface area contributed by atoms with E-state index in [4.69, 9.17) is 0 Å². The number of piperidine rings is 1. The Hall–Kier alpha value is -1.34. The Morgan fingerprint density at radius 3 is 2.74 bits per heavy atom. The summed E-state index contributed by atoms with van der Waals surface area (Å²) in [5.41, 5.74) is -0.698. The molecular formula is C15H21ClF3N3O. The van der Waals surface area contributed by atoms with Crippen LogP contribution in [0, 0.1) is 12.8 Å². The average molecular weight is 352 g/mol. The Kier molecular flexibility index (Phi) is 7.28. The Balaban J connectivity index is 0.00000264. The Labute approximate surface area is 139 Å². The van der Waals surface area contributed by atoms with Gasteiger partial charge in [0, 0.05) is 6.54 Å². The third-order valence-corrected chi connectivity index (χ3v) is 3.86. The summed E-state index contributed by atoms with van der Waals surface area (Å²) < 4.78 is 37.6. The summed E-state index contributed by atoms with van der Waals surface area (Å²) in [6.07, 6.45) is -1.34. The van der Waals surface area contributed by atoms with Crippen molar-refractivity contribution in [3.05, 3.63) is 29.1 Å². The monoisotopic (exact) mass is 351 g/mol. The van der Waals surface area contributed by atoms with Crippen molar-refractivity contribution in [2.45, 2.75) is 32.4 Å². The SMILES string of the molecule is Cc1nc(C(F)(F)F)ccc1C(=O)NCCC1CCCNC1.Cl. The van der Waals surface area contributed by atoms with Gasteiger partial charge in [-0.1, -0.05) is 0 Å². The van der Waals surface area contributed by atoms with Gasteiger partial charge in [0.15, 0.2) is 0 Å². The van der Waals surface area contributed by atoms with E-state index >= 15 is 0 Å². The normalized spacial score (nSPS) is 18.2. The van der Waals surface area contributed by atoms with Gasteiger partial charge in [0.25, 0.3) is 5.91 Å². The fraction of sp³-hybridized carbons (Fsp3) is 0.600. The fourth-order valence-electron chi connectivity index (χ4n) is 2.61. The lowest BCUT2D eigenvalue weighted by Gasteiger charge is -2.22. The first-order valence-electron chi connectivity index (χ1n) is 7.41. The summed E-state index contributed by atoms with van der Waals surface area (Å²) in [7, 11) is 0. The van der Waals surface area contributed by atoms with Crippen molar-refractivity contribution < 1.29 is 18.0 Å². The number of aryl methyl sites for hydroxylation is 1. The van der Waals surface area contributed by atoms with E-state index in [1.54, 1.807) is 0 Å². The predicted octanol–water partition coefficient (Wildman–Crippen LogP) is 2.95. The minimum Gasteiger partial charge on any atom is -0.352 e. The second-order valence-electron chi connectivity index (χ2n) is 5.58. The first-order chi connectivity index (χ1) is 10.4. The number of halogens is 4. The number of amides is 1. The van der Waals surface area contributed by atoms with E-state index in [-0.39, 0.29) is 29.6 Å². The van der Waals surface area contributed by atoms with Crippen LogP contribution in [0.2, 0.25) is 0 Å². The van der Waals surface area contributed by atoms with Gasteiger partial charge < -0.3 is 10.6 Å². The lowest BCUT2D eigenvalue weighted by atomic mass is 9.96. The molecule has 1 atom stereocenters. The molecule has 1 amide bonds. The first kappa shape index (κ1) is 19.7. The van der Waals surface area contributed by atoms with Crippen LogP contribution >= 0.6 is 12.4 Å². The second kappa shape index (κ2) is 8.49. The van der Waals surface area contributed by atoms with Crippen LogP contribution in [0.1, 0.15) is 41.0 Å². The van der Waals surface area contributed by atoms with E-state index in [1.807, 2.05) is 0 Å². The van der Waals surface area contributed by atoms with E-state index in [1.165, 1.54) is 13.0 Å². The molecule has 0 radical (unpaired) electrons. The summed E-state index contributed by atoms with van der Waals surface area (Å²) in [6.45, 7) is 3.93. The van der Waals surface area contributed by atoms with E-state index in [0.717, 1.165) is 38.4 Å². The van der Waals surface area contributed by atoms with Gasteiger partial charge in [-0.3, -0.25) is 4.79 Å². The highest BCUT2D eigenvalue weighted by Crippen LogP contribution is 2.28. The molecule has 0 saturated carbocycles. The van der Waals surface area contributed by atoms with Crippen molar-refractivity contribution in [3.63, 3.8) is 0 Å². The molecule has 1 unspecified atom stereocenters. The molecule has 0 aliphatic carbocycles. The topological polar surface area (TPSA) is 54.0 Å². The van der Waals surface area contributed by atoms with Crippen LogP contribution in [0.15, 0.2) is 12.1 Å². The van der Waals surface area contributed by atoms with Crippen molar-refractivity contribution in [2.75, 3.05) is 19.6 Å². The Morgan fingerprint density at radius 1 is 1.43 bits per heavy atom. The van der Waals surface area contributed by atoms with Crippen molar-refractivity contribution in [1.29, 1.82) is 0 Å². The van der Waals surface area contributed by atoms with Crippen LogP contribution < -0.4 is 10.6 Å². The molecule has 23 heavy (non-hydrogen) atoms. The maximum absolute atomic E-state index is 12.5. The van der Waals surface area contributed by atoms with Gasteiger partial charge in [-0.05, 0) is 57.3 Å². The zero-order valence-electron chi connectivity index (χ0n) is 12.9. The van der Waals surface area contributed by atoms with Gasteiger partial charge in [0.2, 0.25) is 0 Å². The number of pyridine rings is 1. The van der Waals surface area contributed by atoms with Gasteiger partial charge in [0.05, 0.1) is 11.3 Å². The molecule has 130 valence electrons. The van der Waals surface area contributed by atoms with Crippen LogP contribution in [0.4, 0.5) is 13.2 Å². The third kappa shape index (κ3) is 5.66. The van der Waals surface area contributed by atoms with Gasteiger partial charge in [0.1, 0.15) is 5.69 Å². The lowest BCUT2D eigenvalue weighted by Crippen LogP contribution is -2.33. The number of hydrogen-bond donors (Lipinski definition) is 2. The van der Waals surface area contributed by atoms with Crippen molar-refractivity contribution in [2.24, 2.45) is 5.92 Å². The zero-order valence-corrected chi connectivity index (χ0v) is 13.7. The van der Waals surface area contributed by atoms with E-state index in [0.29, 0.717) is 12.5 Å². The number of nitrogens with zero attached hydrogens (tertiary/aromatic N) is 1. The van der Waals surface area contributed by atoms with E-state index in [2.05, 4.69) is 15.6 Å². The van der Waals surface area contributed by atoms with Crippen LogP contribution in [0.25, 0.3) is 0 Å². The highest BCUT2D eigenvalue weighted by Gasteiger charge is 2.33. The lowest BCUT2D eigenvalue weighted by molar-refractivity contribution is -0.141. The largest absolute Gasteiger partial charge is 0.433 e. The van der Waals surface area contributed by atoms with Crippen LogP contribution in [-0.2, 0) is 6.18 Å². The second-order valence-corrected chi connectivity index (χ2v) is 5.58. The van der Waals surface area contributed by atoms with Gasteiger partial charge in [-0.25, -0.2) is 4.98 Å². The summed E-state index contributed by atoms with van der Waals surface area (Å²) in [5.74, 6) is 0.170. The summed E-state index contributed by atoms with van der Waals surface area (Å²) in [5, 5.41) is 6.06. The van der Waals surface area contributed by atoms with Crippen LogP contribution in [-0.4, -0.2) is 30.5 Å². The summed E-state index contributed by atoms with van der Waals surface area (Å²) >= 11 is 0. The molecular weight excluding hydrogens is 331 g/mol. The van der Waals surface area contributed by atoms with Gasteiger partial charge in [-0.15, -0.1) is 12.4 Å². The smallest absolute Gasteiger partial charge is 0.352 e. The Bertz CT molecular complexity index is 531. The molecule has 0 aromatic carbocycles. The predicted molar refractivity (Wildman–Crippen MR) is 83.8 cm³/mol. The van der Waals surface area contributed by atoms with Crippen molar-refractivity contribution in [1.82, 2.24) is 15.6 Å². The number of hydrogen-bond acceptors (Lipinski definition) is 3. The number of aromatic nitrogens is 1. The summed E-state index contributed by atoms with van der Waals surface area (Å²) in [6, 6.07) is 2.02. The molecule has 2 N–H and O–H groups in total. The number of carbonyl (C=O) groups excluding carboxylic acids is 1. The highest BCUT2D eigenvalue weighted by molar-refractivity contribution is 5.95. The first-order valence-corrected chi connectivity index (χ1v) is 7.41. The summed E-state index contributed by atoms with van der Waals surface area (Å²) in [4.78, 5) is 15.5. The molecule has 4 nitrogen and oxygen atoms in total. The maximum Gasteiger partial charge on any atom is 0.433 e. The molecule has 1 fully saturated rings. The minimum absolute atomic E-state index is 0. The quantitative estimate of drug-likeness (QED) is 0.877. The van der Waals surface area contributed by atoms with Gasteiger partial charge in [-0.2, -0.15) is 13.2 Å². The van der Waals surface area contributed by atoms with Crippen LogP contribution in [0.3, 0.4) is 0 Å². The molecule has 8 heteroatoms. The minimum atomic E-state index is -4.49. The van der Waals surface area contributed by atoms with Crippen molar-refractivity contribution in [3.8, 4) is 0 Å². The molecule has 2 rings (SSSR count).